The van der Waals surface area contributed by atoms with Crippen LogP contribution in [-0.4, -0.2) is 38.3 Å². The normalized spacial score (nSPS) is 14.1. The predicted molar refractivity (Wildman–Crippen MR) is 66.3 cm³/mol. The van der Waals surface area contributed by atoms with Crippen molar-refractivity contribution in [3.05, 3.63) is 30.7 Å². The third-order valence-electron chi connectivity index (χ3n) is 2.63. The Balaban J connectivity index is 2.25. The van der Waals surface area contributed by atoms with E-state index in [0.29, 0.717) is 5.69 Å². The van der Waals surface area contributed by atoms with Gasteiger partial charge in [0, 0.05) is 29.7 Å². The molecule has 0 bridgehead atoms. The highest BCUT2D eigenvalue weighted by atomic mass is 16.4. The molecule has 0 radical (unpaired) electrons. The molecule has 0 fully saturated rings. The highest BCUT2D eigenvalue weighted by Crippen LogP contribution is 2.20. The molecule has 0 aliphatic rings. The third kappa shape index (κ3) is 2.38. The van der Waals surface area contributed by atoms with E-state index in [0.717, 1.165) is 10.9 Å². The van der Waals surface area contributed by atoms with Crippen LogP contribution in [-0.2, 0) is 4.79 Å². The van der Waals surface area contributed by atoms with Crippen molar-refractivity contribution in [3.63, 3.8) is 0 Å². The number of carbonyl (C=O) groups is 1. The third-order valence-corrected chi connectivity index (χ3v) is 2.63. The molecular formula is C12H13N3O3. The van der Waals surface area contributed by atoms with E-state index in [9.17, 15) is 9.90 Å². The maximum atomic E-state index is 10.8. The molecule has 1 unspecified atom stereocenters. The number of anilines is 1. The fraction of sp³-hybridized carbons (Fsp3) is 0.250. The predicted octanol–water partition coefficient (Wildman–Crippen LogP) is 0.877. The average molecular weight is 247 g/mol. The minimum absolute atomic E-state index is 0.101. The fourth-order valence-corrected chi connectivity index (χ4v) is 1.49. The van der Waals surface area contributed by atoms with Crippen molar-refractivity contribution in [1.82, 2.24) is 9.97 Å². The van der Waals surface area contributed by atoms with Gasteiger partial charge in [0.25, 0.3) is 0 Å². The molecule has 0 saturated carbocycles. The van der Waals surface area contributed by atoms with Crippen molar-refractivity contribution in [3.8, 4) is 0 Å². The number of carboxylic acid groups (broad SMARTS) is 1. The number of pyridine rings is 2. The van der Waals surface area contributed by atoms with Crippen LogP contribution in [0.1, 0.15) is 6.92 Å². The van der Waals surface area contributed by atoms with Crippen LogP contribution in [0.15, 0.2) is 30.7 Å². The molecule has 0 aromatic carbocycles. The van der Waals surface area contributed by atoms with Crippen LogP contribution >= 0.6 is 0 Å². The monoisotopic (exact) mass is 247 g/mol. The van der Waals surface area contributed by atoms with Gasteiger partial charge in [-0.15, -0.1) is 0 Å². The average Bonchev–Trinajstić information content (AvgIpc) is 2.36. The van der Waals surface area contributed by atoms with Crippen LogP contribution < -0.4 is 5.32 Å². The molecule has 18 heavy (non-hydrogen) atoms. The Morgan fingerprint density at radius 3 is 2.94 bits per heavy atom. The summed E-state index contributed by atoms with van der Waals surface area (Å²) in [6.45, 7) is 1.14. The van der Waals surface area contributed by atoms with E-state index < -0.39 is 11.6 Å². The molecule has 2 rings (SSSR count). The quantitative estimate of drug-likeness (QED) is 0.742. The van der Waals surface area contributed by atoms with E-state index in [2.05, 4.69) is 15.3 Å². The molecule has 6 heteroatoms. The largest absolute Gasteiger partial charge is 0.479 e. The van der Waals surface area contributed by atoms with Crippen LogP contribution in [0, 0.1) is 0 Å². The standard InChI is InChI=1S/C12H13N3O3/c1-12(18,11(16)17)7-15-10-3-5-14-9-2-4-13-6-8(9)10/h2-6,18H,7H2,1H3,(H,14,15)(H,16,17). The molecule has 0 spiro atoms. The summed E-state index contributed by atoms with van der Waals surface area (Å²) in [6, 6.07) is 3.47. The number of nitrogens with one attached hydrogen (secondary N) is 1. The SMILES string of the molecule is CC(O)(CNc1ccnc2ccncc12)C(=O)O. The van der Waals surface area contributed by atoms with Gasteiger partial charge in [-0.05, 0) is 19.1 Å². The lowest BCUT2D eigenvalue weighted by molar-refractivity contribution is -0.155. The van der Waals surface area contributed by atoms with Gasteiger partial charge >= 0.3 is 5.97 Å². The second-order valence-corrected chi connectivity index (χ2v) is 4.18. The Kier molecular flexibility index (Phi) is 3.12. The van der Waals surface area contributed by atoms with Crippen LogP contribution in [0.4, 0.5) is 5.69 Å². The van der Waals surface area contributed by atoms with Gasteiger partial charge in [-0.1, -0.05) is 0 Å². The molecule has 94 valence electrons. The molecule has 0 aliphatic carbocycles. The summed E-state index contributed by atoms with van der Waals surface area (Å²) in [5.74, 6) is -1.27. The van der Waals surface area contributed by atoms with Crippen molar-refractivity contribution in [1.29, 1.82) is 0 Å². The maximum Gasteiger partial charge on any atom is 0.337 e. The Bertz CT molecular complexity index is 578. The zero-order valence-electron chi connectivity index (χ0n) is 9.79. The number of nitrogens with zero attached hydrogens (tertiary/aromatic N) is 2. The summed E-state index contributed by atoms with van der Waals surface area (Å²) in [4.78, 5) is 18.9. The fourth-order valence-electron chi connectivity index (χ4n) is 1.49. The van der Waals surface area contributed by atoms with E-state index >= 15 is 0 Å². The summed E-state index contributed by atoms with van der Waals surface area (Å²) in [5, 5.41) is 22.1. The number of aliphatic hydroxyl groups is 1. The van der Waals surface area contributed by atoms with E-state index in [-0.39, 0.29) is 6.54 Å². The molecule has 2 aromatic rings. The van der Waals surface area contributed by atoms with Gasteiger partial charge in [-0.3, -0.25) is 9.97 Å². The second-order valence-electron chi connectivity index (χ2n) is 4.18. The summed E-state index contributed by atoms with van der Waals surface area (Å²) < 4.78 is 0. The molecule has 2 aromatic heterocycles. The minimum Gasteiger partial charge on any atom is -0.479 e. The number of hydrogen-bond donors (Lipinski definition) is 3. The van der Waals surface area contributed by atoms with Crippen molar-refractivity contribution in [2.24, 2.45) is 0 Å². The van der Waals surface area contributed by atoms with Gasteiger partial charge in [-0.25, -0.2) is 4.79 Å². The zero-order valence-corrected chi connectivity index (χ0v) is 9.79. The number of fused-ring (bicyclic) bond motifs is 1. The number of aromatic nitrogens is 2. The van der Waals surface area contributed by atoms with E-state index in [1.165, 1.54) is 6.92 Å². The maximum absolute atomic E-state index is 10.8. The topological polar surface area (TPSA) is 95.3 Å². The minimum atomic E-state index is -1.82. The Morgan fingerprint density at radius 1 is 1.44 bits per heavy atom. The molecule has 1 atom stereocenters. The first-order chi connectivity index (χ1) is 8.50. The summed E-state index contributed by atoms with van der Waals surface area (Å²) in [5.41, 5.74) is -0.378. The number of rotatable bonds is 4. The first-order valence-corrected chi connectivity index (χ1v) is 5.39. The summed E-state index contributed by atoms with van der Waals surface area (Å²) in [7, 11) is 0. The highest BCUT2D eigenvalue weighted by Gasteiger charge is 2.29. The van der Waals surface area contributed by atoms with E-state index in [1.807, 2.05) is 0 Å². The van der Waals surface area contributed by atoms with Crippen LogP contribution in [0.2, 0.25) is 0 Å². The lowest BCUT2D eigenvalue weighted by atomic mass is 10.1. The second kappa shape index (κ2) is 4.58. The van der Waals surface area contributed by atoms with E-state index in [4.69, 9.17) is 5.11 Å². The Morgan fingerprint density at radius 2 is 2.22 bits per heavy atom. The van der Waals surface area contributed by atoms with Gasteiger partial charge in [0.05, 0.1) is 12.1 Å². The number of hydrogen-bond acceptors (Lipinski definition) is 5. The Hall–Kier alpha value is -2.21. The lowest BCUT2D eigenvalue weighted by Gasteiger charge is -2.19. The van der Waals surface area contributed by atoms with Crippen LogP contribution in [0.25, 0.3) is 10.9 Å². The molecule has 6 nitrogen and oxygen atoms in total. The van der Waals surface area contributed by atoms with Gasteiger partial charge in [0.1, 0.15) is 0 Å². The van der Waals surface area contributed by atoms with Gasteiger partial charge in [-0.2, -0.15) is 0 Å². The van der Waals surface area contributed by atoms with Crippen LogP contribution in [0.5, 0.6) is 0 Å². The molecule has 2 heterocycles. The van der Waals surface area contributed by atoms with Crippen molar-refractivity contribution >= 4 is 22.6 Å². The number of aliphatic carboxylic acids is 1. The van der Waals surface area contributed by atoms with Crippen molar-refractivity contribution < 1.29 is 15.0 Å². The first-order valence-electron chi connectivity index (χ1n) is 5.39. The molecule has 0 saturated heterocycles. The van der Waals surface area contributed by atoms with Gasteiger partial charge < -0.3 is 15.5 Å². The molecule has 0 amide bonds. The molecule has 3 N–H and O–H groups in total. The smallest absolute Gasteiger partial charge is 0.337 e. The van der Waals surface area contributed by atoms with E-state index in [1.54, 1.807) is 30.7 Å². The molecular weight excluding hydrogens is 234 g/mol. The lowest BCUT2D eigenvalue weighted by Crippen LogP contribution is -2.41. The summed E-state index contributed by atoms with van der Waals surface area (Å²) in [6.07, 6.45) is 4.88. The van der Waals surface area contributed by atoms with Gasteiger partial charge in [0.15, 0.2) is 5.60 Å². The Labute approximate surface area is 103 Å². The zero-order chi connectivity index (χ0) is 13.2. The first kappa shape index (κ1) is 12.3. The summed E-state index contributed by atoms with van der Waals surface area (Å²) >= 11 is 0. The van der Waals surface area contributed by atoms with Crippen LogP contribution in [0.3, 0.4) is 0 Å². The van der Waals surface area contributed by atoms with Crippen molar-refractivity contribution in [2.45, 2.75) is 12.5 Å². The number of carboxylic acids is 1. The van der Waals surface area contributed by atoms with Crippen molar-refractivity contribution in [2.75, 3.05) is 11.9 Å². The molecule has 0 aliphatic heterocycles. The highest BCUT2D eigenvalue weighted by molar-refractivity contribution is 5.90. The van der Waals surface area contributed by atoms with Gasteiger partial charge in [0.2, 0.25) is 0 Å².